The van der Waals surface area contributed by atoms with E-state index in [-0.39, 0.29) is 11.7 Å². The zero-order valence-electron chi connectivity index (χ0n) is 12.4. The van der Waals surface area contributed by atoms with Crippen LogP contribution < -0.4 is 4.90 Å². The molecule has 2 aromatic heterocycles. The van der Waals surface area contributed by atoms with Crippen molar-refractivity contribution in [2.45, 2.75) is 13.5 Å². The lowest BCUT2D eigenvalue weighted by molar-refractivity contribution is 0.0989. The third kappa shape index (κ3) is 3.60. The molecule has 116 valence electrons. The number of hydrogen-bond donors (Lipinski definition) is 0. The Hall–Kier alpha value is -2.60. The topological polar surface area (TPSA) is 46.1 Å². The molecule has 0 saturated heterocycles. The van der Waals surface area contributed by atoms with Crippen molar-refractivity contribution in [2.75, 3.05) is 4.90 Å². The molecule has 0 radical (unpaired) electrons. The van der Waals surface area contributed by atoms with Crippen molar-refractivity contribution < 1.29 is 9.18 Å². The maximum Gasteiger partial charge on any atom is 0.270 e. The number of amides is 1. The summed E-state index contributed by atoms with van der Waals surface area (Å²) in [6.07, 6.45) is 4.96. The summed E-state index contributed by atoms with van der Waals surface area (Å²) in [7, 11) is 0. The van der Waals surface area contributed by atoms with E-state index in [1.165, 1.54) is 23.5 Å². The maximum absolute atomic E-state index is 13.2. The minimum Gasteiger partial charge on any atom is -0.303 e. The van der Waals surface area contributed by atoms with E-state index in [9.17, 15) is 9.18 Å². The van der Waals surface area contributed by atoms with Gasteiger partial charge in [0.25, 0.3) is 5.91 Å². The van der Waals surface area contributed by atoms with Gasteiger partial charge in [-0.05, 0) is 42.8 Å². The second-order valence-electron chi connectivity index (χ2n) is 4.97. The van der Waals surface area contributed by atoms with Crippen LogP contribution in [0.1, 0.15) is 20.2 Å². The van der Waals surface area contributed by atoms with Gasteiger partial charge in [-0.25, -0.2) is 9.37 Å². The fourth-order valence-electron chi connectivity index (χ4n) is 2.17. The third-order valence-electron chi connectivity index (χ3n) is 3.28. The van der Waals surface area contributed by atoms with E-state index in [4.69, 9.17) is 0 Å². The molecular weight excluding hydrogens is 313 g/mol. The number of benzene rings is 1. The first kappa shape index (κ1) is 15.3. The Morgan fingerprint density at radius 3 is 2.61 bits per heavy atom. The Morgan fingerprint density at radius 2 is 2.00 bits per heavy atom. The van der Waals surface area contributed by atoms with Crippen molar-refractivity contribution >= 4 is 22.9 Å². The van der Waals surface area contributed by atoms with E-state index in [1.54, 1.807) is 35.6 Å². The normalized spacial score (nSPS) is 10.5. The number of nitrogens with zero attached hydrogens (tertiary/aromatic N) is 3. The lowest BCUT2D eigenvalue weighted by atomic mass is 10.2. The number of aromatic nitrogens is 2. The summed E-state index contributed by atoms with van der Waals surface area (Å²) in [4.78, 5) is 23.2. The quantitative estimate of drug-likeness (QED) is 0.731. The molecule has 1 amide bonds. The van der Waals surface area contributed by atoms with E-state index in [2.05, 4.69) is 9.97 Å². The first-order chi connectivity index (χ1) is 11.1. The molecule has 0 spiro atoms. The molecular formula is C17H14FN3OS. The second-order valence-corrected chi connectivity index (χ2v) is 6.21. The minimum absolute atomic E-state index is 0.161. The van der Waals surface area contributed by atoms with Crippen LogP contribution in [0.25, 0.3) is 0 Å². The van der Waals surface area contributed by atoms with Gasteiger partial charge in [-0.3, -0.25) is 9.78 Å². The van der Waals surface area contributed by atoms with Crippen LogP contribution in [0.3, 0.4) is 0 Å². The van der Waals surface area contributed by atoms with Gasteiger partial charge in [-0.1, -0.05) is 6.07 Å². The van der Waals surface area contributed by atoms with Gasteiger partial charge in [-0.2, -0.15) is 0 Å². The summed E-state index contributed by atoms with van der Waals surface area (Å²) >= 11 is 1.34. The largest absolute Gasteiger partial charge is 0.303 e. The number of hydrogen-bond acceptors (Lipinski definition) is 4. The molecule has 3 rings (SSSR count). The Kier molecular flexibility index (Phi) is 4.43. The van der Waals surface area contributed by atoms with Crippen LogP contribution in [0.15, 0.2) is 55.0 Å². The third-order valence-corrected chi connectivity index (χ3v) is 4.18. The molecule has 4 nitrogen and oxygen atoms in total. The summed E-state index contributed by atoms with van der Waals surface area (Å²) in [5.74, 6) is -0.498. The first-order valence-electron chi connectivity index (χ1n) is 7.02. The Labute approximate surface area is 137 Å². The van der Waals surface area contributed by atoms with Gasteiger partial charge in [0.15, 0.2) is 0 Å². The van der Waals surface area contributed by atoms with Crippen LogP contribution >= 0.6 is 11.3 Å². The highest BCUT2D eigenvalue weighted by Gasteiger charge is 2.20. The smallest absolute Gasteiger partial charge is 0.270 e. The molecule has 0 aliphatic heterocycles. The number of halogens is 1. The molecule has 0 saturated carbocycles. The zero-order chi connectivity index (χ0) is 16.2. The molecule has 2 heterocycles. The predicted octanol–water partition coefficient (Wildman–Crippen LogP) is 3.83. The van der Waals surface area contributed by atoms with Crippen LogP contribution in [-0.4, -0.2) is 15.9 Å². The Balaban J connectivity index is 1.95. The highest BCUT2D eigenvalue weighted by atomic mass is 32.1. The molecule has 0 atom stereocenters. The number of carbonyl (C=O) groups is 1. The van der Waals surface area contributed by atoms with Crippen LogP contribution in [0.5, 0.6) is 0 Å². The SMILES string of the molecule is Cc1ncc(C(=O)N(Cc2cccnc2)c2ccc(F)cc2)s1. The monoisotopic (exact) mass is 327 g/mol. The summed E-state index contributed by atoms with van der Waals surface area (Å²) in [5.41, 5.74) is 1.53. The maximum atomic E-state index is 13.2. The molecule has 0 aliphatic carbocycles. The standard InChI is InChI=1S/C17H14FN3OS/c1-12-20-10-16(23-12)17(22)21(11-13-3-2-8-19-9-13)15-6-4-14(18)5-7-15/h2-10H,11H2,1H3. The second kappa shape index (κ2) is 6.66. The Morgan fingerprint density at radius 1 is 1.22 bits per heavy atom. The van der Waals surface area contributed by atoms with Crippen molar-refractivity contribution in [1.82, 2.24) is 9.97 Å². The predicted molar refractivity (Wildman–Crippen MR) is 88.0 cm³/mol. The minimum atomic E-state index is -0.337. The average molecular weight is 327 g/mol. The van der Waals surface area contributed by atoms with E-state index < -0.39 is 0 Å². The molecule has 0 N–H and O–H groups in total. The highest BCUT2D eigenvalue weighted by Crippen LogP contribution is 2.23. The average Bonchev–Trinajstić information content (AvgIpc) is 3.00. The van der Waals surface area contributed by atoms with E-state index in [0.29, 0.717) is 17.1 Å². The summed E-state index contributed by atoms with van der Waals surface area (Å²) < 4.78 is 13.2. The fourth-order valence-corrected chi connectivity index (χ4v) is 2.90. The Bertz CT molecular complexity index is 802. The number of anilines is 1. The number of rotatable bonds is 4. The van der Waals surface area contributed by atoms with Crippen molar-refractivity contribution in [3.63, 3.8) is 0 Å². The van der Waals surface area contributed by atoms with Gasteiger partial charge in [-0.15, -0.1) is 11.3 Å². The lowest BCUT2D eigenvalue weighted by Gasteiger charge is -2.22. The molecule has 1 aromatic carbocycles. The van der Waals surface area contributed by atoms with Gasteiger partial charge >= 0.3 is 0 Å². The van der Waals surface area contributed by atoms with E-state index >= 15 is 0 Å². The summed E-state index contributed by atoms with van der Waals surface area (Å²) in [6, 6.07) is 9.59. The van der Waals surface area contributed by atoms with Crippen LogP contribution in [0.2, 0.25) is 0 Å². The van der Waals surface area contributed by atoms with Gasteiger partial charge in [0.1, 0.15) is 10.7 Å². The molecule has 0 fully saturated rings. The van der Waals surface area contributed by atoms with Crippen molar-refractivity contribution in [3.05, 3.63) is 76.3 Å². The molecule has 3 aromatic rings. The van der Waals surface area contributed by atoms with Gasteiger partial charge in [0, 0.05) is 18.1 Å². The molecule has 0 unspecified atom stereocenters. The molecule has 23 heavy (non-hydrogen) atoms. The number of carbonyl (C=O) groups excluding carboxylic acids is 1. The van der Waals surface area contributed by atoms with E-state index in [0.717, 1.165) is 10.6 Å². The number of aryl methyl sites for hydroxylation is 1. The van der Waals surface area contributed by atoms with Crippen LogP contribution in [0.4, 0.5) is 10.1 Å². The molecule has 6 heteroatoms. The van der Waals surface area contributed by atoms with Crippen molar-refractivity contribution in [1.29, 1.82) is 0 Å². The number of pyridine rings is 1. The zero-order valence-corrected chi connectivity index (χ0v) is 13.3. The van der Waals surface area contributed by atoms with Gasteiger partial charge in [0.2, 0.25) is 0 Å². The lowest BCUT2D eigenvalue weighted by Crippen LogP contribution is -2.29. The van der Waals surface area contributed by atoms with Crippen LogP contribution in [-0.2, 0) is 6.54 Å². The van der Waals surface area contributed by atoms with Crippen molar-refractivity contribution in [2.24, 2.45) is 0 Å². The molecule has 0 bridgehead atoms. The molecule has 0 aliphatic rings. The number of thiazole rings is 1. The van der Waals surface area contributed by atoms with Crippen LogP contribution in [0, 0.1) is 12.7 Å². The summed E-state index contributed by atoms with van der Waals surface area (Å²) in [5, 5.41) is 0.828. The van der Waals surface area contributed by atoms with Crippen molar-refractivity contribution in [3.8, 4) is 0 Å². The highest BCUT2D eigenvalue weighted by molar-refractivity contribution is 7.13. The summed E-state index contributed by atoms with van der Waals surface area (Å²) in [6.45, 7) is 2.21. The van der Waals surface area contributed by atoms with Gasteiger partial charge in [0.05, 0.1) is 17.7 Å². The first-order valence-corrected chi connectivity index (χ1v) is 7.84. The van der Waals surface area contributed by atoms with Gasteiger partial charge < -0.3 is 4.90 Å². The fraction of sp³-hybridized carbons (Fsp3) is 0.118. The van der Waals surface area contributed by atoms with E-state index in [1.807, 2.05) is 19.1 Å².